The van der Waals surface area contributed by atoms with Gasteiger partial charge >= 0.3 is 0 Å². The Labute approximate surface area is 97.0 Å². The standard InChI is InChI=1S/C14H19NO/c1-9-10(2)15-14-8-12(6-7-13(9)14)16-11-4-3-5-11/h6-11,15H,3-5H2,1-2H3. The number of anilines is 1. The molecule has 2 nitrogen and oxygen atoms in total. The third-order valence-electron chi connectivity index (χ3n) is 4.00. The van der Waals surface area contributed by atoms with E-state index in [1.165, 1.54) is 30.5 Å². The van der Waals surface area contributed by atoms with Gasteiger partial charge in [-0.05, 0) is 37.8 Å². The molecule has 0 bridgehead atoms. The van der Waals surface area contributed by atoms with Crippen LogP contribution in [-0.2, 0) is 0 Å². The third-order valence-corrected chi connectivity index (χ3v) is 4.00. The Morgan fingerprint density at radius 2 is 2.06 bits per heavy atom. The minimum atomic E-state index is 0.467. The van der Waals surface area contributed by atoms with E-state index < -0.39 is 0 Å². The van der Waals surface area contributed by atoms with Gasteiger partial charge in [0.2, 0.25) is 0 Å². The SMILES string of the molecule is CC1Nc2cc(OC3CCC3)ccc2C1C. The largest absolute Gasteiger partial charge is 0.490 e. The summed E-state index contributed by atoms with van der Waals surface area (Å²) in [5.41, 5.74) is 2.69. The van der Waals surface area contributed by atoms with Crippen LogP contribution in [0.25, 0.3) is 0 Å². The molecule has 2 atom stereocenters. The van der Waals surface area contributed by atoms with Crippen molar-refractivity contribution in [2.45, 2.75) is 51.2 Å². The third kappa shape index (κ3) is 1.57. The van der Waals surface area contributed by atoms with E-state index in [1.807, 2.05) is 0 Å². The van der Waals surface area contributed by atoms with Gasteiger partial charge in [-0.25, -0.2) is 0 Å². The Balaban J connectivity index is 1.80. The van der Waals surface area contributed by atoms with Crippen molar-refractivity contribution in [1.29, 1.82) is 0 Å². The van der Waals surface area contributed by atoms with Gasteiger partial charge in [0, 0.05) is 23.7 Å². The van der Waals surface area contributed by atoms with Crippen LogP contribution in [0.4, 0.5) is 5.69 Å². The van der Waals surface area contributed by atoms with Crippen molar-refractivity contribution in [3.05, 3.63) is 23.8 Å². The zero-order chi connectivity index (χ0) is 11.1. The Morgan fingerprint density at radius 1 is 1.25 bits per heavy atom. The fourth-order valence-corrected chi connectivity index (χ4v) is 2.45. The normalized spacial score (nSPS) is 28.1. The lowest BCUT2D eigenvalue weighted by Gasteiger charge is -2.26. The zero-order valence-electron chi connectivity index (χ0n) is 9.99. The first kappa shape index (κ1) is 10.0. The van der Waals surface area contributed by atoms with Crippen LogP contribution >= 0.6 is 0 Å². The smallest absolute Gasteiger partial charge is 0.121 e. The summed E-state index contributed by atoms with van der Waals surface area (Å²) in [4.78, 5) is 0. The average molecular weight is 217 g/mol. The van der Waals surface area contributed by atoms with E-state index in [9.17, 15) is 0 Å². The van der Waals surface area contributed by atoms with Crippen LogP contribution in [0.2, 0.25) is 0 Å². The number of benzene rings is 1. The summed E-state index contributed by atoms with van der Waals surface area (Å²) in [7, 11) is 0. The Kier molecular flexibility index (Phi) is 2.31. The Hall–Kier alpha value is -1.18. The predicted octanol–water partition coefficient (Wildman–Crippen LogP) is 3.54. The summed E-state index contributed by atoms with van der Waals surface area (Å²) in [5.74, 6) is 1.63. The molecular formula is C14H19NO. The van der Waals surface area contributed by atoms with Crippen LogP contribution in [-0.4, -0.2) is 12.1 Å². The van der Waals surface area contributed by atoms with Gasteiger partial charge in [-0.15, -0.1) is 0 Å². The van der Waals surface area contributed by atoms with Gasteiger partial charge in [-0.3, -0.25) is 0 Å². The predicted molar refractivity (Wildman–Crippen MR) is 66.2 cm³/mol. The lowest BCUT2D eigenvalue weighted by atomic mass is 9.96. The van der Waals surface area contributed by atoms with Crippen molar-refractivity contribution >= 4 is 5.69 Å². The molecule has 1 fully saturated rings. The number of fused-ring (bicyclic) bond motifs is 1. The first-order chi connectivity index (χ1) is 7.74. The molecular weight excluding hydrogens is 198 g/mol. The van der Waals surface area contributed by atoms with Crippen molar-refractivity contribution < 1.29 is 4.74 Å². The second-order valence-corrected chi connectivity index (χ2v) is 5.14. The number of hydrogen-bond acceptors (Lipinski definition) is 2. The van der Waals surface area contributed by atoms with Crippen LogP contribution in [0.1, 0.15) is 44.6 Å². The number of hydrogen-bond donors (Lipinski definition) is 1. The van der Waals surface area contributed by atoms with E-state index in [1.54, 1.807) is 0 Å². The van der Waals surface area contributed by atoms with E-state index in [-0.39, 0.29) is 0 Å². The fourth-order valence-electron chi connectivity index (χ4n) is 2.45. The van der Waals surface area contributed by atoms with Gasteiger partial charge in [0.05, 0.1) is 6.10 Å². The van der Waals surface area contributed by atoms with Gasteiger partial charge in [0.1, 0.15) is 5.75 Å². The average Bonchev–Trinajstić information content (AvgIpc) is 2.49. The van der Waals surface area contributed by atoms with Gasteiger partial charge in [-0.1, -0.05) is 13.0 Å². The molecule has 1 aliphatic carbocycles. The van der Waals surface area contributed by atoms with E-state index >= 15 is 0 Å². The molecule has 1 N–H and O–H groups in total. The van der Waals surface area contributed by atoms with Gasteiger partial charge < -0.3 is 10.1 Å². The minimum Gasteiger partial charge on any atom is -0.490 e. The molecule has 1 saturated carbocycles. The highest BCUT2D eigenvalue weighted by Gasteiger charge is 2.26. The van der Waals surface area contributed by atoms with E-state index in [4.69, 9.17) is 4.74 Å². The van der Waals surface area contributed by atoms with Crippen LogP contribution in [0.15, 0.2) is 18.2 Å². The molecule has 3 rings (SSSR count). The molecule has 1 aliphatic heterocycles. The van der Waals surface area contributed by atoms with E-state index in [0.717, 1.165) is 5.75 Å². The summed E-state index contributed by atoms with van der Waals surface area (Å²) >= 11 is 0. The van der Waals surface area contributed by atoms with Crippen molar-refractivity contribution in [3.8, 4) is 5.75 Å². The topological polar surface area (TPSA) is 21.3 Å². The highest BCUT2D eigenvalue weighted by atomic mass is 16.5. The second-order valence-electron chi connectivity index (χ2n) is 5.14. The molecule has 0 saturated heterocycles. The van der Waals surface area contributed by atoms with Crippen molar-refractivity contribution in [1.82, 2.24) is 0 Å². The maximum absolute atomic E-state index is 5.91. The summed E-state index contributed by atoms with van der Waals surface area (Å²) in [6.45, 7) is 4.51. The number of ether oxygens (including phenoxy) is 1. The van der Waals surface area contributed by atoms with Crippen LogP contribution in [0.5, 0.6) is 5.75 Å². The highest BCUT2D eigenvalue weighted by molar-refractivity contribution is 5.61. The van der Waals surface area contributed by atoms with Gasteiger partial charge in [0.25, 0.3) is 0 Å². The van der Waals surface area contributed by atoms with Crippen molar-refractivity contribution in [2.24, 2.45) is 0 Å². The zero-order valence-corrected chi connectivity index (χ0v) is 9.99. The summed E-state index contributed by atoms with van der Waals surface area (Å²) < 4.78 is 5.91. The summed E-state index contributed by atoms with van der Waals surface area (Å²) in [6.07, 6.45) is 4.23. The quantitative estimate of drug-likeness (QED) is 0.818. The molecule has 0 amide bonds. The molecule has 2 heteroatoms. The summed E-state index contributed by atoms with van der Waals surface area (Å²) in [5, 5.41) is 3.52. The van der Waals surface area contributed by atoms with Crippen molar-refractivity contribution in [2.75, 3.05) is 5.32 Å². The molecule has 86 valence electrons. The number of rotatable bonds is 2. The monoisotopic (exact) mass is 217 g/mol. The maximum atomic E-state index is 5.91. The summed E-state index contributed by atoms with van der Waals surface area (Å²) in [6, 6.07) is 7.03. The Morgan fingerprint density at radius 3 is 2.75 bits per heavy atom. The van der Waals surface area contributed by atoms with Crippen LogP contribution in [0.3, 0.4) is 0 Å². The number of nitrogens with one attached hydrogen (secondary N) is 1. The lowest BCUT2D eigenvalue weighted by molar-refractivity contribution is 0.120. The van der Waals surface area contributed by atoms with E-state index in [2.05, 4.69) is 37.4 Å². The first-order valence-corrected chi connectivity index (χ1v) is 6.31. The maximum Gasteiger partial charge on any atom is 0.121 e. The van der Waals surface area contributed by atoms with E-state index in [0.29, 0.717) is 18.1 Å². The first-order valence-electron chi connectivity index (χ1n) is 6.31. The molecule has 0 radical (unpaired) electrons. The highest BCUT2D eigenvalue weighted by Crippen LogP contribution is 2.38. The molecule has 2 aliphatic rings. The van der Waals surface area contributed by atoms with Crippen LogP contribution in [0, 0.1) is 0 Å². The second kappa shape index (κ2) is 3.69. The Bertz CT molecular complexity index is 398. The molecule has 16 heavy (non-hydrogen) atoms. The molecule has 2 unspecified atom stereocenters. The molecule has 0 spiro atoms. The molecule has 1 aromatic carbocycles. The molecule has 1 heterocycles. The minimum absolute atomic E-state index is 0.467. The van der Waals surface area contributed by atoms with Gasteiger partial charge in [0.15, 0.2) is 0 Å². The molecule has 1 aromatic rings. The van der Waals surface area contributed by atoms with Crippen LogP contribution < -0.4 is 10.1 Å². The van der Waals surface area contributed by atoms with Crippen molar-refractivity contribution in [3.63, 3.8) is 0 Å². The lowest BCUT2D eigenvalue weighted by Crippen LogP contribution is -2.24. The van der Waals surface area contributed by atoms with Gasteiger partial charge in [-0.2, -0.15) is 0 Å². The fraction of sp³-hybridized carbons (Fsp3) is 0.571. The molecule has 0 aromatic heterocycles.